The number of nitrogens with two attached hydrogens (primary N) is 1. The quantitative estimate of drug-likeness (QED) is 0.888. The van der Waals surface area contributed by atoms with Crippen LogP contribution in [0.1, 0.15) is 16.7 Å². The number of halogens is 3. The van der Waals surface area contributed by atoms with Gasteiger partial charge in [0.2, 0.25) is 0 Å². The second-order valence-electron chi connectivity index (χ2n) is 4.73. The summed E-state index contributed by atoms with van der Waals surface area (Å²) in [6.45, 7) is 2.22. The van der Waals surface area contributed by atoms with Crippen LogP contribution in [0.3, 0.4) is 0 Å². The van der Waals surface area contributed by atoms with Gasteiger partial charge in [-0.25, -0.2) is 0 Å². The minimum absolute atomic E-state index is 0.220. The molecule has 0 aliphatic heterocycles. The van der Waals surface area contributed by atoms with Gasteiger partial charge in [-0.15, -0.1) is 0 Å². The Morgan fingerprint density at radius 2 is 1.76 bits per heavy atom. The fraction of sp³-hybridized carbons (Fsp3) is 0.250. The molecule has 2 aromatic carbocycles. The third kappa shape index (κ3) is 4.02. The van der Waals surface area contributed by atoms with Crippen molar-refractivity contribution in [3.05, 3.63) is 59.2 Å². The summed E-state index contributed by atoms with van der Waals surface area (Å²) in [6, 6.07) is 11.9. The molecule has 0 heterocycles. The van der Waals surface area contributed by atoms with Gasteiger partial charge in [-0.05, 0) is 49.2 Å². The van der Waals surface area contributed by atoms with E-state index in [0.717, 1.165) is 22.2 Å². The Morgan fingerprint density at radius 3 is 2.38 bits per heavy atom. The minimum Gasteiger partial charge on any atom is -0.330 e. The molecule has 2 N–H and O–H groups in total. The lowest BCUT2D eigenvalue weighted by Gasteiger charge is -2.15. The number of alkyl halides is 3. The molecule has 0 radical (unpaired) electrons. The van der Waals surface area contributed by atoms with Crippen molar-refractivity contribution in [1.29, 1.82) is 0 Å². The molecule has 0 aliphatic carbocycles. The molecule has 0 aromatic heterocycles. The minimum atomic E-state index is -4.37. The first-order valence-electron chi connectivity index (χ1n) is 6.55. The zero-order chi connectivity index (χ0) is 15.5. The van der Waals surface area contributed by atoms with Crippen molar-refractivity contribution in [3.8, 4) is 0 Å². The Bertz CT molecular complexity index is 623. The van der Waals surface area contributed by atoms with Gasteiger partial charge in [-0.2, -0.15) is 13.2 Å². The summed E-state index contributed by atoms with van der Waals surface area (Å²) in [5, 5.41) is 0. The van der Waals surface area contributed by atoms with Crippen LogP contribution in [-0.4, -0.2) is 6.54 Å². The van der Waals surface area contributed by atoms with Gasteiger partial charge in [0.1, 0.15) is 0 Å². The SMILES string of the molecule is Cc1ccccc1Sc1ccc(CCN)cc1C(F)(F)F. The van der Waals surface area contributed by atoms with Crippen molar-refractivity contribution in [2.45, 2.75) is 29.3 Å². The summed E-state index contributed by atoms with van der Waals surface area (Å²) < 4.78 is 39.7. The molecule has 0 aliphatic rings. The van der Waals surface area contributed by atoms with Gasteiger partial charge in [-0.3, -0.25) is 0 Å². The lowest BCUT2D eigenvalue weighted by Crippen LogP contribution is -2.09. The summed E-state index contributed by atoms with van der Waals surface area (Å²) in [6.07, 6.45) is -3.92. The van der Waals surface area contributed by atoms with E-state index in [9.17, 15) is 13.2 Å². The summed E-state index contributed by atoms with van der Waals surface area (Å²) in [5.41, 5.74) is 6.39. The van der Waals surface area contributed by atoms with Gasteiger partial charge in [0.15, 0.2) is 0 Å². The molecule has 0 saturated carbocycles. The molecule has 0 spiro atoms. The van der Waals surface area contributed by atoms with Gasteiger partial charge >= 0.3 is 6.18 Å². The fourth-order valence-corrected chi connectivity index (χ4v) is 3.03. The van der Waals surface area contributed by atoms with Gasteiger partial charge in [0.25, 0.3) is 0 Å². The highest BCUT2D eigenvalue weighted by Crippen LogP contribution is 2.40. The van der Waals surface area contributed by atoms with Crippen LogP contribution in [0.15, 0.2) is 52.3 Å². The van der Waals surface area contributed by atoms with E-state index in [0.29, 0.717) is 18.5 Å². The molecule has 2 aromatic rings. The Labute approximate surface area is 126 Å². The molecule has 0 bridgehead atoms. The van der Waals surface area contributed by atoms with Crippen LogP contribution in [-0.2, 0) is 12.6 Å². The molecule has 21 heavy (non-hydrogen) atoms. The molecule has 2 rings (SSSR count). The monoisotopic (exact) mass is 311 g/mol. The highest BCUT2D eigenvalue weighted by molar-refractivity contribution is 7.99. The van der Waals surface area contributed by atoms with E-state index >= 15 is 0 Å². The van der Waals surface area contributed by atoms with Gasteiger partial charge < -0.3 is 5.73 Å². The molecular weight excluding hydrogens is 295 g/mol. The first kappa shape index (κ1) is 15.9. The Hall–Kier alpha value is -1.46. The third-order valence-electron chi connectivity index (χ3n) is 3.10. The van der Waals surface area contributed by atoms with Crippen LogP contribution < -0.4 is 5.73 Å². The molecule has 5 heteroatoms. The van der Waals surface area contributed by atoms with E-state index in [4.69, 9.17) is 5.73 Å². The van der Waals surface area contributed by atoms with E-state index in [1.54, 1.807) is 6.07 Å². The van der Waals surface area contributed by atoms with Crippen molar-refractivity contribution < 1.29 is 13.2 Å². The number of rotatable bonds is 4. The van der Waals surface area contributed by atoms with Crippen molar-refractivity contribution in [1.82, 2.24) is 0 Å². The first-order valence-corrected chi connectivity index (χ1v) is 7.37. The standard InChI is InChI=1S/C16H16F3NS/c1-11-4-2-3-5-14(11)21-15-7-6-12(8-9-20)10-13(15)16(17,18)19/h2-7,10H,8-9,20H2,1H3. The largest absolute Gasteiger partial charge is 0.417 e. The van der Waals surface area contributed by atoms with Crippen molar-refractivity contribution in [2.75, 3.05) is 6.54 Å². The van der Waals surface area contributed by atoms with Crippen LogP contribution in [0.4, 0.5) is 13.2 Å². The van der Waals surface area contributed by atoms with Crippen LogP contribution >= 0.6 is 11.8 Å². The number of hydrogen-bond acceptors (Lipinski definition) is 2. The zero-order valence-corrected chi connectivity index (χ0v) is 12.4. The van der Waals surface area contributed by atoms with Gasteiger partial charge in [0, 0.05) is 9.79 Å². The van der Waals surface area contributed by atoms with E-state index < -0.39 is 11.7 Å². The maximum absolute atomic E-state index is 13.2. The smallest absolute Gasteiger partial charge is 0.330 e. The summed E-state index contributed by atoms with van der Waals surface area (Å²) in [4.78, 5) is 1.05. The Balaban J connectivity index is 2.41. The topological polar surface area (TPSA) is 26.0 Å². The average molecular weight is 311 g/mol. The Morgan fingerprint density at radius 1 is 1.05 bits per heavy atom. The van der Waals surface area contributed by atoms with E-state index in [1.807, 2.05) is 31.2 Å². The first-order chi connectivity index (χ1) is 9.91. The van der Waals surface area contributed by atoms with Crippen LogP contribution in [0.25, 0.3) is 0 Å². The van der Waals surface area contributed by atoms with Crippen LogP contribution in [0, 0.1) is 6.92 Å². The molecular formula is C16H16F3NS. The van der Waals surface area contributed by atoms with Crippen LogP contribution in [0.5, 0.6) is 0 Å². The average Bonchev–Trinajstić information content (AvgIpc) is 2.42. The van der Waals surface area contributed by atoms with Crippen molar-refractivity contribution in [2.24, 2.45) is 5.73 Å². The summed E-state index contributed by atoms with van der Waals surface area (Å²) in [5.74, 6) is 0. The molecule has 112 valence electrons. The van der Waals surface area contributed by atoms with E-state index in [1.165, 1.54) is 12.1 Å². The highest BCUT2D eigenvalue weighted by Gasteiger charge is 2.34. The Kier molecular flexibility index (Phi) is 4.96. The van der Waals surface area contributed by atoms with E-state index in [2.05, 4.69) is 0 Å². The second-order valence-corrected chi connectivity index (χ2v) is 5.82. The predicted molar refractivity (Wildman–Crippen MR) is 79.5 cm³/mol. The highest BCUT2D eigenvalue weighted by atomic mass is 32.2. The van der Waals surface area contributed by atoms with Crippen LogP contribution in [0.2, 0.25) is 0 Å². The summed E-state index contributed by atoms with van der Waals surface area (Å²) in [7, 11) is 0. The third-order valence-corrected chi connectivity index (χ3v) is 4.35. The van der Waals surface area contributed by atoms with Gasteiger partial charge in [-0.1, -0.05) is 36.0 Å². The maximum Gasteiger partial charge on any atom is 0.417 e. The summed E-state index contributed by atoms with van der Waals surface area (Å²) >= 11 is 1.14. The molecule has 0 amide bonds. The number of hydrogen-bond donors (Lipinski definition) is 1. The van der Waals surface area contributed by atoms with E-state index in [-0.39, 0.29) is 4.90 Å². The normalized spacial score (nSPS) is 11.7. The molecule has 0 atom stereocenters. The second kappa shape index (κ2) is 6.54. The molecule has 0 saturated heterocycles. The molecule has 0 unspecified atom stereocenters. The lowest BCUT2D eigenvalue weighted by atomic mass is 10.1. The van der Waals surface area contributed by atoms with Gasteiger partial charge in [0.05, 0.1) is 5.56 Å². The predicted octanol–water partition coefficient (Wildman–Crippen LogP) is 4.67. The number of aryl methyl sites for hydroxylation is 1. The van der Waals surface area contributed by atoms with Crippen molar-refractivity contribution >= 4 is 11.8 Å². The van der Waals surface area contributed by atoms with Crippen molar-refractivity contribution in [3.63, 3.8) is 0 Å². The fourth-order valence-electron chi connectivity index (χ4n) is 2.00. The molecule has 1 nitrogen and oxygen atoms in total. The molecule has 0 fully saturated rings. The maximum atomic E-state index is 13.2. The number of benzene rings is 2. The zero-order valence-electron chi connectivity index (χ0n) is 11.6. The lowest BCUT2D eigenvalue weighted by molar-refractivity contribution is -0.139.